The number of carboxylic acid groups (broad SMARTS) is 1. The smallest absolute Gasteiger partial charge is 0.303 e. The normalized spacial score (nSPS) is 10.2. The van der Waals surface area contributed by atoms with Crippen LogP contribution in [-0.4, -0.2) is 11.1 Å². The van der Waals surface area contributed by atoms with Crippen LogP contribution >= 0.6 is 34.8 Å². The van der Waals surface area contributed by atoms with Gasteiger partial charge in [0.15, 0.2) is 0 Å². The molecule has 0 bridgehead atoms. The first-order chi connectivity index (χ1) is 6.52. The van der Waals surface area contributed by atoms with Gasteiger partial charge < -0.3 is 5.11 Å². The number of benzene rings is 1. The summed E-state index contributed by atoms with van der Waals surface area (Å²) in [6.07, 6.45) is 0.378. The maximum atomic E-state index is 10.3. The molecule has 14 heavy (non-hydrogen) atoms. The van der Waals surface area contributed by atoms with Crippen molar-refractivity contribution in [2.75, 3.05) is 0 Å². The molecule has 0 atom stereocenters. The van der Waals surface area contributed by atoms with Crippen molar-refractivity contribution < 1.29 is 9.90 Å². The van der Waals surface area contributed by atoms with E-state index >= 15 is 0 Å². The Morgan fingerprint density at radius 2 is 1.86 bits per heavy atom. The molecule has 0 radical (unpaired) electrons. The van der Waals surface area contributed by atoms with Crippen LogP contribution in [0.4, 0.5) is 0 Å². The van der Waals surface area contributed by atoms with Gasteiger partial charge in [0.25, 0.3) is 0 Å². The summed E-state index contributed by atoms with van der Waals surface area (Å²) in [6, 6.07) is 3.28. The second kappa shape index (κ2) is 4.87. The van der Waals surface area contributed by atoms with Crippen LogP contribution in [-0.2, 0) is 11.2 Å². The SMILES string of the molecule is O=C(O)CCc1ccc(Cl)c(Cl)c1Cl. The lowest BCUT2D eigenvalue weighted by Crippen LogP contribution is -1.98. The summed E-state index contributed by atoms with van der Waals surface area (Å²) >= 11 is 17.4. The lowest BCUT2D eigenvalue weighted by Gasteiger charge is -2.05. The fourth-order valence-corrected chi connectivity index (χ4v) is 1.65. The van der Waals surface area contributed by atoms with Crippen molar-refractivity contribution in [3.8, 4) is 0 Å². The highest BCUT2D eigenvalue weighted by atomic mass is 35.5. The Morgan fingerprint density at radius 1 is 1.21 bits per heavy atom. The Bertz CT molecular complexity index is 363. The molecule has 0 heterocycles. The van der Waals surface area contributed by atoms with Crippen LogP contribution in [0, 0.1) is 0 Å². The third-order valence-corrected chi connectivity index (χ3v) is 3.06. The quantitative estimate of drug-likeness (QED) is 0.835. The van der Waals surface area contributed by atoms with Crippen LogP contribution in [0.15, 0.2) is 12.1 Å². The van der Waals surface area contributed by atoms with E-state index in [1.807, 2.05) is 0 Å². The molecule has 76 valence electrons. The molecule has 0 aliphatic rings. The van der Waals surface area contributed by atoms with Gasteiger partial charge in [-0.25, -0.2) is 0 Å². The van der Waals surface area contributed by atoms with Crippen LogP contribution in [0.25, 0.3) is 0 Å². The first kappa shape index (κ1) is 11.6. The molecule has 0 aliphatic carbocycles. The molecule has 1 rings (SSSR count). The third-order valence-electron chi connectivity index (χ3n) is 1.72. The van der Waals surface area contributed by atoms with Crippen molar-refractivity contribution in [1.82, 2.24) is 0 Å². The Morgan fingerprint density at radius 3 is 2.43 bits per heavy atom. The third kappa shape index (κ3) is 2.77. The maximum Gasteiger partial charge on any atom is 0.303 e. The lowest BCUT2D eigenvalue weighted by atomic mass is 10.1. The summed E-state index contributed by atoms with van der Waals surface area (Å²) in [5.74, 6) is -0.868. The van der Waals surface area contributed by atoms with Crippen LogP contribution in [0.2, 0.25) is 15.1 Å². The Balaban J connectivity index is 2.88. The van der Waals surface area contributed by atoms with E-state index in [0.29, 0.717) is 22.0 Å². The molecular weight excluding hydrogens is 246 g/mol. The Hall–Kier alpha value is -0.440. The van der Waals surface area contributed by atoms with E-state index in [-0.39, 0.29) is 11.4 Å². The minimum Gasteiger partial charge on any atom is -0.481 e. The van der Waals surface area contributed by atoms with E-state index in [9.17, 15) is 4.79 Å². The molecule has 0 saturated heterocycles. The van der Waals surface area contributed by atoms with Crippen molar-refractivity contribution in [3.63, 3.8) is 0 Å². The van der Waals surface area contributed by atoms with Crippen LogP contribution < -0.4 is 0 Å². The molecule has 0 aliphatic heterocycles. The van der Waals surface area contributed by atoms with E-state index in [4.69, 9.17) is 39.9 Å². The highest BCUT2D eigenvalue weighted by Gasteiger charge is 2.09. The molecule has 5 heteroatoms. The monoisotopic (exact) mass is 252 g/mol. The summed E-state index contributed by atoms with van der Waals surface area (Å²) in [6.45, 7) is 0. The van der Waals surface area contributed by atoms with Crippen molar-refractivity contribution in [2.24, 2.45) is 0 Å². The van der Waals surface area contributed by atoms with Gasteiger partial charge in [-0.3, -0.25) is 4.79 Å². The average molecular weight is 254 g/mol. The number of carboxylic acids is 1. The van der Waals surface area contributed by atoms with Crippen LogP contribution in [0.1, 0.15) is 12.0 Å². The fraction of sp³-hybridized carbons (Fsp3) is 0.222. The number of carbonyl (C=O) groups is 1. The molecule has 1 N–H and O–H groups in total. The van der Waals surface area contributed by atoms with E-state index in [1.165, 1.54) is 0 Å². The van der Waals surface area contributed by atoms with E-state index in [2.05, 4.69) is 0 Å². The second-order valence-electron chi connectivity index (χ2n) is 2.73. The highest BCUT2D eigenvalue weighted by Crippen LogP contribution is 2.33. The predicted octanol–water partition coefficient (Wildman–Crippen LogP) is 3.66. The van der Waals surface area contributed by atoms with Crippen LogP contribution in [0.5, 0.6) is 0 Å². The van der Waals surface area contributed by atoms with Gasteiger partial charge in [0.05, 0.1) is 15.1 Å². The first-order valence-electron chi connectivity index (χ1n) is 3.86. The Labute approximate surface area is 96.4 Å². The van der Waals surface area contributed by atoms with E-state index < -0.39 is 5.97 Å². The van der Waals surface area contributed by atoms with Crippen molar-refractivity contribution in [1.29, 1.82) is 0 Å². The number of halogens is 3. The van der Waals surface area contributed by atoms with E-state index in [0.717, 1.165) is 0 Å². The van der Waals surface area contributed by atoms with Gasteiger partial charge in [-0.1, -0.05) is 40.9 Å². The zero-order valence-electron chi connectivity index (χ0n) is 7.06. The summed E-state index contributed by atoms with van der Waals surface area (Å²) in [5, 5.41) is 9.47. The predicted molar refractivity (Wildman–Crippen MR) is 57.4 cm³/mol. The summed E-state index contributed by atoms with van der Waals surface area (Å²) < 4.78 is 0. The van der Waals surface area contributed by atoms with Crippen LogP contribution in [0.3, 0.4) is 0 Å². The average Bonchev–Trinajstić information content (AvgIpc) is 2.13. The number of hydrogen-bond acceptors (Lipinski definition) is 1. The van der Waals surface area contributed by atoms with Gasteiger partial charge in [-0.05, 0) is 18.1 Å². The lowest BCUT2D eigenvalue weighted by molar-refractivity contribution is -0.136. The van der Waals surface area contributed by atoms with Gasteiger partial charge >= 0.3 is 5.97 Å². The molecule has 0 fully saturated rings. The summed E-state index contributed by atoms with van der Waals surface area (Å²) in [4.78, 5) is 10.3. The molecule has 0 saturated carbocycles. The van der Waals surface area contributed by atoms with Gasteiger partial charge in [-0.2, -0.15) is 0 Å². The molecule has 0 amide bonds. The second-order valence-corrected chi connectivity index (χ2v) is 3.89. The molecule has 0 aromatic heterocycles. The standard InChI is InChI=1S/C9H7Cl3O2/c10-6-3-1-5(2-4-7(13)14)8(11)9(6)12/h1,3H,2,4H2,(H,13,14). The molecule has 0 spiro atoms. The van der Waals surface area contributed by atoms with Gasteiger partial charge in [0.1, 0.15) is 0 Å². The molecule has 0 unspecified atom stereocenters. The molecule has 1 aromatic rings. The number of aliphatic carboxylic acids is 1. The minimum absolute atomic E-state index is 0.0255. The maximum absolute atomic E-state index is 10.3. The van der Waals surface area contributed by atoms with Crippen molar-refractivity contribution in [3.05, 3.63) is 32.8 Å². The fourth-order valence-electron chi connectivity index (χ4n) is 1.00. The largest absolute Gasteiger partial charge is 0.481 e. The number of hydrogen-bond donors (Lipinski definition) is 1. The van der Waals surface area contributed by atoms with Gasteiger partial charge in [0.2, 0.25) is 0 Å². The zero-order chi connectivity index (χ0) is 10.7. The zero-order valence-corrected chi connectivity index (χ0v) is 9.33. The van der Waals surface area contributed by atoms with Gasteiger partial charge in [0, 0.05) is 6.42 Å². The van der Waals surface area contributed by atoms with Crippen molar-refractivity contribution in [2.45, 2.75) is 12.8 Å². The minimum atomic E-state index is -0.868. The highest BCUT2D eigenvalue weighted by molar-refractivity contribution is 6.48. The summed E-state index contributed by atoms with van der Waals surface area (Å²) in [5.41, 5.74) is 0.698. The topological polar surface area (TPSA) is 37.3 Å². The Kier molecular flexibility index (Phi) is 4.05. The molecular formula is C9H7Cl3O2. The van der Waals surface area contributed by atoms with Crippen molar-refractivity contribution >= 4 is 40.8 Å². The van der Waals surface area contributed by atoms with E-state index in [1.54, 1.807) is 12.1 Å². The number of rotatable bonds is 3. The molecule has 1 aromatic carbocycles. The summed E-state index contributed by atoms with van der Waals surface area (Å²) in [7, 11) is 0. The molecule has 2 nitrogen and oxygen atoms in total. The first-order valence-corrected chi connectivity index (χ1v) is 5.00. The van der Waals surface area contributed by atoms with Gasteiger partial charge in [-0.15, -0.1) is 0 Å². The number of aryl methyl sites for hydroxylation is 1.